The zero-order valence-corrected chi connectivity index (χ0v) is 12.4. The van der Waals surface area contributed by atoms with Crippen molar-refractivity contribution in [3.05, 3.63) is 70.8 Å². The lowest BCUT2D eigenvalue weighted by Gasteiger charge is -2.12. The first kappa shape index (κ1) is 14.3. The van der Waals surface area contributed by atoms with E-state index >= 15 is 0 Å². The lowest BCUT2D eigenvalue weighted by atomic mass is 9.91. The first-order valence-electron chi connectivity index (χ1n) is 7.15. The molecule has 1 atom stereocenters. The van der Waals surface area contributed by atoms with Gasteiger partial charge in [0.25, 0.3) is 0 Å². The molecule has 0 aliphatic heterocycles. The Balaban J connectivity index is 2.18. The van der Waals surface area contributed by atoms with Gasteiger partial charge < -0.3 is 0 Å². The molecule has 0 spiro atoms. The summed E-state index contributed by atoms with van der Waals surface area (Å²) in [6.45, 7) is 6.45. The highest BCUT2D eigenvalue weighted by Gasteiger charge is 2.12. The number of rotatable bonds is 4. The Morgan fingerprint density at radius 1 is 1.00 bits per heavy atom. The minimum atomic E-state index is -0.0713. The SMILES string of the molecule is Cc1cccc(CC(C#N)c2ccc(C(C)C)cc2)c1. The molecular formula is C19H21N. The third-order valence-corrected chi connectivity index (χ3v) is 3.68. The van der Waals surface area contributed by atoms with E-state index in [-0.39, 0.29) is 5.92 Å². The molecule has 0 heterocycles. The van der Waals surface area contributed by atoms with Crippen LogP contribution in [-0.2, 0) is 6.42 Å². The molecule has 0 aromatic heterocycles. The summed E-state index contributed by atoms with van der Waals surface area (Å²) in [5, 5.41) is 9.44. The van der Waals surface area contributed by atoms with Gasteiger partial charge in [-0.1, -0.05) is 67.9 Å². The fraction of sp³-hybridized carbons (Fsp3) is 0.316. The Morgan fingerprint density at radius 3 is 2.20 bits per heavy atom. The van der Waals surface area contributed by atoms with Crippen molar-refractivity contribution in [2.75, 3.05) is 0 Å². The molecule has 0 aliphatic rings. The second-order valence-electron chi connectivity index (χ2n) is 5.70. The fourth-order valence-corrected chi connectivity index (χ4v) is 2.43. The molecule has 2 aromatic carbocycles. The summed E-state index contributed by atoms with van der Waals surface area (Å²) in [4.78, 5) is 0. The highest BCUT2D eigenvalue weighted by atomic mass is 14.3. The summed E-state index contributed by atoms with van der Waals surface area (Å²) in [7, 11) is 0. The molecule has 1 heteroatoms. The maximum absolute atomic E-state index is 9.44. The molecule has 0 fully saturated rings. The van der Waals surface area contributed by atoms with Gasteiger partial charge in [0.15, 0.2) is 0 Å². The number of hydrogen-bond donors (Lipinski definition) is 0. The quantitative estimate of drug-likeness (QED) is 0.764. The molecule has 2 aromatic rings. The smallest absolute Gasteiger partial charge is 0.0753 e. The minimum absolute atomic E-state index is 0.0713. The molecule has 1 unspecified atom stereocenters. The van der Waals surface area contributed by atoms with E-state index in [1.54, 1.807) is 0 Å². The Labute approximate surface area is 121 Å². The van der Waals surface area contributed by atoms with E-state index in [1.807, 2.05) is 0 Å². The van der Waals surface area contributed by atoms with Crippen LogP contribution in [0, 0.1) is 18.3 Å². The van der Waals surface area contributed by atoms with Crippen molar-refractivity contribution < 1.29 is 0 Å². The third-order valence-electron chi connectivity index (χ3n) is 3.68. The van der Waals surface area contributed by atoms with Gasteiger partial charge in [-0.15, -0.1) is 0 Å². The Hall–Kier alpha value is -2.07. The molecular weight excluding hydrogens is 242 g/mol. The second kappa shape index (κ2) is 6.39. The molecule has 0 saturated heterocycles. The van der Waals surface area contributed by atoms with Gasteiger partial charge in [-0.2, -0.15) is 5.26 Å². The summed E-state index contributed by atoms with van der Waals surface area (Å²) in [5.74, 6) is 0.458. The van der Waals surface area contributed by atoms with Crippen LogP contribution in [-0.4, -0.2) is 0 Å². The average molecular weight is 263 g/mol. The van der Waals surface area contributed by atoms with E-state index in [2.05, 4.69) is 75.4 Å². The van der Waals surface area contributed by atoms with Gasteiger partial charge >= 0.3 is 0 Å². The first-order valence-corrected chi connectivity index (χ1v) is 7.15. The first-order chi connectivity index (χ1) is 9.60. The second-order valence-corrected chi connectivity index (χ2v) is 5.70. The Bertz CT molecular complexity index is 602. The fourth-order valence-electron chi connectivity index (χ4n) is 2.43. The van der Waals surface area contributed by atoms with E-state index < -0.39 is 0 Å². The molecule has 102 valence electrons. The van der Waals surface area contributed by atoms with Gasteiger partial charge in [-0.3, -0.25) is 0 Å². The van der Waals surface area contributed by atoms with Crippen molar-refractivity contribution in [2.24, 2.45) is 0 Å². The summed E-state index contributed by atoms with van der Waals surface area (Å²) < 4.78 is 0. The van der Waals surface area contributed by atoms with Crippen molar-refractivity contribution in [2.45, 2.75) is 39.0 Å². The molecule has 0 bridgehead atoms. The van der Waals surface area contributed by atoms with Gasteiger partial charge in [-0.25, -0.2) is 0 Å². The third kappa shape index (κ3) is 3.48. The topological polar surface area (TPSA) is 23.8 Å². The van der Waals surface area contributed by atoms with E-state index in [0.717, 1.165) is 12.0 Å². The number of benzene rings is 2. The highest BCUT2D eigenvalue weighted by molar-refractivity contribution is 5.33. The van der Waals surface area contributed by atoms with Crippen LogP contribution in [0.1, 0.15) is 47.9 Å². The van der Waals surface area contributed by atoms with Crippen molar-refractivity contribution >= 4 is 0 Å². The lowest BCUT2D eigenvalue weighted by molar-refractivity contribution is 0.836. The Kier molecular flexibility index (Phi) is 4.58. The Morgan fingerprint density at radius 2 is 1.65 bits per heavy atom. The number of nitrogens with zero attached hydrogens (tertiary/aromatic N) is 1. The molecule has 2 rings (SSSR count). The van der Waals surface area contributed by atoms with Crippen molar-refractivity contribution in [3.63, 3.8) is 0 Å². The zero-order valence-electron chi connectivity index (χ0n) is 12.4. The summed E-state index contributed by atoms with van der Waals surface area (Å²) >= 11 is 0. The summed E-state index contributed by atoms with van der Waals surface area (Å²) in [6.07, 6.45) is 0.777. The zero-order chi connectivity index (χ0) is 14.5. The van der Waals surface area contributed by atoms with Crippen molar-refractivity contribution in [1.82, 2.24) is 0 Å². The molecule has 0 radical (unpaired) electrons. The molecule has 0 aliphatic carbocycles. The predicted molar refractivity (Wildman–Crippen MR) is 83.8 cm³/mol. The monoisotopic (exact) mass is 263 g/mol. The van der Waals surface area contributed by atoms with Crippen molar-refractivity contribution in [3.8, 4) is 6.07 Å². The van der Waals surface area contributed by atoms with Crippen LogP contribution in [0.3, 0.4) is 0 Å². The molecule has 20 heavy (non-hydrogen) atoms. The number of aryl methyl sites for hydroxylation is 1. The highest BCUT2D eigenvalue weighted by Crippen LogP contribution is 2.23. The maximum atomic E-state index is 9.44. The maximum Gasteiger partial charge on any atom is 0.0753 e. The normalized spacial score (nSPS) is 12.2. The van der Waals surface area contributed by atoms with Crippen LogP contribution < -0.4 is 0 Å². The van der Waals surface area contributed by atoms with Crippen LogP contribution in [0.2, 0.25) is 0 Å². The van der Waals surface area contributed by atoms with Crippen LogP contribution in [0.4, 0.5) is 0 Å². The van der Waals surface area contributed by atoms with E-state index in [9.17, 15) is 5.26 Å². The van der Waals surface area contributed by atoms with Gasteiger partial charge in [0.1, 0.15) is 0 Å². The molecule has 0 saturated carbocycles. The van der Waals surface area contributed by atoms with Crippen LogP contribution in [0.5, 0.6) is 0 Å². The van der Waals surface area contributed by atoms with Gasteiger partial charge in [-0.05, 0) is 36.0 Å². The van der Waals surface area contributed by atoms with E-state index in [1.165, 1.54) is 16.7 Å². The van der Waals surface area contributed by atoms with Crippen LogP contribution in [0.25, 0.3) is 0 Å². The van der Waals surface area contributed by atoms with E-state index in [0.29, 0.717) is 5.92 Å². The lowest BCUT2D eigenvalue weighted by Crippen LogP contribution is -2.01. The van der Waals surface area contributed by atoms with Gasteiger partial charge in [0, 0.05) is 0 Å². The number of hydrogen-bond acceptors (Lipinski definition) is 1. The van der Waals surface area contributed by atoms with Crippen LogP contribution >= 0.6 is 0 Å². The van der Waals surface area contributed by atoms with Gasteiger partial charge in [0.2, 0.25) is 0 Å². The molecule has 1 nitrogen and oxygen atoms in total. The number of nitriles is 1. The minimum Gasteiger partial charge on any atom is -0.198 e. The summed E-state index contributed by atoms with van der Waals surface area (Å²) in [5.41, 5.74) is 4.90. The van der Waals surface area contributed by atoms with E-state index in [4.69, 9.17) is 0 Å². The average Bonchev–Trinajstić information content (AvgIpc) is 2.45. The standard InChI is InChI=1S/C19H21N/c1-14(2)17-7-9-18(10-8-17)19(13-20)12-16-6-4-5-15(3)11-16/h4-11,14,19H,12H2,1-3H3. The molecule has 0 amide bonds. The largest absolute Gasteiger partial charge is 0.198 e. The summed E-state index contributed by atoms with van der Waals surface area (Å²) in [6, 6.07) is 19.3. The molecule has 0 N–H and O–H groups in total. The van der Waals surface area contributed by atoms with Gasteiger partial charge in [0.05, 0.1) is 12.0 Å². The van der Waals surface area contributed by atoms with Crippen LogP contribution in [0.15, 0.2) is 48.5 Å². The van der Waals surface area contributed by atoms with Crippen molar-refractivity contribution in [1.29, 1.82) is 5.26 Å². The predicted octanol–water partition coefficient (Wildman–Crippen LogP) is 4.97.